The van der Waals surface area contributed by atoms with Crippen LogP contribution in [0.3, 0.4) is 0 Å². The van der Waals surface area contributed by atoms with Crippen LogP contribution in [0.15, 0.2) is 71.6 Å². The lowest BCUT2D eigenvalue weighted by Crippen LogP contribution is -2.41. The standard InChI is InChI=1S/C26H24N2O4S/c1-17-5-4-6-18(11-17)14-28-21-12-19(9-10-24(21)33-16-25(28)29)26(30)27-13-20-15-31-22-7-2-3-8-23(22)32-20/h2-12,20H,13-16H2,1H3,(H,27,30). The van der Waals surface area contributed by atoms with Crippen LogP contribution in [0.5, 0.6) is 11.5 Å². The molecule has 7 heteroatoms. The van der Waals surface area contributed by atoms with E-state index >= 15 is 0 Å². The molecule has 2 heterocycles. The Bertz CT molecular complexity index is 1210. The Kier molecular flexibility index (Phi) is 5.96. The van der Waals surface area contributed by atoms with Gasteiger partial charge < -0.3 is 19.7 Å². The zero-order valence-electron chi connectivity index (χ0n) is 18.2. The first-order valence-corrected chi connectivity index (χ1v) is 11.8. The number of anilines is 1. The summed E-state index contributed by atoms with van der Waals surface area (Å²) in [7, 11) is 0. The molecule has 0 fully saturated rings. The van der Waals surface area contributed by atoms with Crippen molar-refractivity contribution in [2.75, 3.05) is 23.8 Å². The van der Waals surface area contributed by atoms with E-state index in [0.717, 1.165) is 21.7 Å². The van der Waals surface area contributed by atoms with Crippen LogP contribution < -0.4 is 19.7 Å². The van der Waals surface area contributed by atoms with Crippen molar-refractivity contribution in [3.05, 3.63) is 83.4 Å². The largest absolute Gasteiger partial charge is 0.486 e. The molecule has 5 rings (SSSR count). The van der Waals surface area contributed by atoms with Gasteiger partial charge in [-0.15, -0.1) is 11.8 Å². The number of nitrogens with zero attached hydrogens (tertiary/aromatic N) is 1. The van der Waals surface area contributed by atoms with E-state index in [1.165, 1.54) is 11.8 Å². The van der Waals surface area contributed by atoms with Crippen molar-refractivity contribution in [2.24, 2.45) is 0 Å². The minimum absolute atomic E-state index is 0.0398. The lowest BCUT2D eigenvalue weighted by Gasteiger charge is -2.30. The molecule has 0 saturated heterocycles. The minimum atomic E-state index is -0.267. The van der Waals surface area contributed by atoms with E-state index in [9.17, 15) is 9.59 Å². The molecular formula is C26H24N2O4S. The van der Waals surface area contributed by atoms with Crippen molar-refractivity contribution in [3.8, 4) is 11.5 Å². The summed E-state index contributed by atoms with van der Waals surface area (Å²) in [5.74, 6) is 1.62. The summed E-state index contributed by atoms with van der Waals surface area (Å²) in [5.41, 5.74) is 3.49. The molecule has 3 aromatic carbocycles. The van der Waals surface area contributed by atoms with Crippen LogP contribution in [0.4, 0.5) is 5.69 Å². The second-order valence-corrected chi connectivity index (χ2v) is 9.16. The van der Waals surface area contributed by atoms with E-state index in [1.54, 1.807) is 17.0 Å². The van der Waals surface area contributed by atoms with Gasteiger partial charge in [0, 0.05) is 10.5 Å². The van der Waals surface area contributed by atoms with Gasteiger partial charge in [0.1, 0.15) is 12.7 Å². The molecule has 3 aromatic rings. The number of carbonyl (C=O) groups is 2. The Balaban J connectivity index is 1.29. The highest BCUT2D eigenvalue weighted by molar-refractivity contribution is 8.00. The van der Waals surface area contributed by atoms with Crippen LogP contribution in [-0.4, -0.2) is 36.8 Å². The van der Waals surface area contributed by atoms with Gasteiger partial charge in [-0.25, -0.2) is 0 Å². The molecule has 1 atom stereocenters. The number of ether oxygens (including phenoxy) is 2. The number of amides is 2. The highest BCUT2D eigenvalue weighted by atomic mass is 32.2. The Hall–Kier alpha value is -3.45. The molecule has 2 amide bonds. The highest BCUT2D eigenvalue weighted by Gasteiger charge is 2.27. The van der Waals surface area contributed by atoms with Crippen molar-refractivity contribution in [1.82, 2.24) is 5.32 Å². The van der Waals surface area contributed by atoms with Gasteiger partial charge in [0.25, 0.3) is 5.91 Å². The van der Waals surface area contributed by atoms with Crippen molar-refractivity contribution in [3.63, 3.8) is 0 Å². The van der Waals surface area contributed by atoms with Crippen molar-refractivity contribution in [2.45, 2.75) is 24.5 Å². The molecule has 1 N–H and O–H groups in total. The molecule has 0 aromatic heterocycles. The summed E-state index contributed by atoms with van der Waals surface area (Å²) >= 11 is 1.50. The van der Waals surface area contributed by atoms with Crippen LogP contribution in [0.2, 0.25) is 0 Å². The van der Waals surface area contributed by atoms with E-state index < -0.39 is 0 Å². The topological polar surface area (TPSA) is 67.9 Å². The van der Waals surface area contributed by atoms with E-state index in [-0.39, 0.29) is 17.9 Å². The zero-order valence-corrected chi connectivity index (χ0v) is 19.1. The average molecular weight is 461 g/mol. The Morgan fingerprint density at radius 3 is 2.79 bits per heavy atom. The van der Waals surface area contributed by atoms with Gasteiger partial charge >= 0.3 is 0 Å². The van der Waals surface area contributed by atoms with E-state index in [2.05, 4.69) is 11.4 Å². The maximum absolute atomic E-state index is 12.9. The van der Waals surface area contributed by atoms with Crippen LogP contribution >= 0.6 is 11.8 Å². The molecule has 1 unspecified atom stereocenters. The highest BCUT2D eigenvalue weighted by Crippen LogP contribution is 2.37. The lowest BCUT2D eigenvalue weighted by molar-refractivity contribution is -0.116. The molecule has 0 spiro atoms. The fourth-order valence-electron chi connectivity index (χ4n) is 3.98. The number of benzene rings is 3. The molecule has 2 aliphatic rings. The first-order chi connectivity index (χ1) is 16.1. The van der Waals surface area contributed by atoms with Crippen LogP contribution in [-0.2, 0) is 11.3 Å². The lowest BCUT2D eigenvalue weighted by atomic mass is 10.1. The van der Waals surface area contributed by atoms with Crippen molar-refractivity contribution >= 4 is 29.3 Å². The summed E-state index contributed by atoms with van der Waals surface area (Å²) in [6.07, 6.45) is -0.267. The smallest absolute Gasteiger partial charge is 0.251 e. The molecule has 2 aliphatic heterocycles. The molecular weight excluding hydrogens is 436 g/mol. The third kappa shape index (κ3) is 4.68. The van der Waals surface area contributed by atoms with Crippen LogP contribution in [0.1, 0.15) is 21.5 Å². The number of para-hydroxylation sites is 2. The molecule has 6 nitrogen and oxygen atoms in total. The van der Waals surface area contributed by atoms with Gasteiger partial charge in [0.2, 0.25) is 5.91 Å². The van der Waals surface area contributed by atoms with Gasteiger partial charge in [-0.2, -0.15) is 0 Å². The Morgan fingerprint density at radius 1 is 1.09 bits per heavy atom. The summed E-state index contributed by atoms with van der Waals surface area (Å²) < 4.78 is 11.6. The maximum Gasteiger partial charge on any atom is 0.251 e. The predicted molar refractivity (Wildman–Crippen MR) is 128 cm³/mol. The molecule has 168 valence electrons. The summed E-state index contributed by atoms with van der Waals surface area (Å²) in [6, 6.07) is 21.1. The number of hydrogen-bond acceptors (Lipinski definition) is 5. The number of nitrogens with one attached hydrogen (secondary N) is 1. The van der Waals surface area contributed by atoms with E-state index in [4.69, 9.17) is 9.47 Å². The normalized spacial score (nSPS) is 16.8. The first kappa shape index (κ1) is 21.4. The number of carbonyl (C=O) groups excluding carboxylic acids is 2. The van der Waals surface area contributed by atoms with Gasteiger partial charge in [-0.05, 0) is 42.8 Å². The first-order valence-electron chi connectivity index (χ1n) is 10.9. The molecule has 0 saturated carbocycles. The summed E-state index contributed by atoms with van der Waals surface area (Å²) in [5, 5.41) is 2.94. The third-order valence-electron chi connectivity index (χ3n) is 5.65. The number of aryl methyl sites for hydroxylation is 1. The monoisotopic (exact) mass is 460 g/mol. The molecule has 0 radical (unpaired) electrons. The number of rotatable bonds is 5. The van der Waals surface area contributed by atoms with Crippen molar-refractivity contribution in [1.29, 1.82) is 0 Å². The second-order valence-electron chi connectivity index (χ2n) is 8.15. The van der Waals surface area contributed by atoms with E-state index in [0.29, 0.717) is 42.5 Å². The fraction of sp³-hybridized carbons (Fsp3) is 0.231. The van der Waals surface area contributed by atoms with Gasteiger partial charge in [-0.3, -0.25) is 9.59 Å². The van der Waals surface area contributed by atoms with Crippen molar-refractivity contribution < 1.29 is 19.1 Å². The molecule has 33 heavy (non-hydrogen) atoms. The van der Waals surface area contributed by atoms with Gasteiger partial charge in [-0.1, -0.05) is 42.0 Å². The van der Waals surface area contributed by atoms with Crippen LogP contribution in [0, 0.1) is 6.92 Å². The number of thioether (sulfide) groups is 1. The molecule has 0 aliphatic carbocycles. The fourth-order valence-corrected chi connectivity index (χ4v) is 4.90. The predicted octanol–water partition coefficient (Wildman–Crippen LogP) is 4.20. The van der Waals surface area contributed by atoms with Gasteiger partial charge in [0.05, 0.1) is 24.5 Å². The number of hydrogen-bond donors (Lipinski definition) is 1. The Labute approximate surface area is 196 Å². The van der Waals surface area contributed by atoms with E-state index in [1.807, 2.05) is 55.5 Å². The quantitative estimate of drug-likeness (QED) is 0.618. The number of fused-ring (bicyclic) bond motifs is 2. The van der Waals surface area contributed by atoms with Crippen LogP contribution in [0.25, 0.3) is 0 Å². The van der Waals surface area contributed by atoms with Gasteiger partial charge in [0.15, 0.2) is 11.5 Å². The summed E-state index contributed by atoms with van der Waals surface area (Å²) in [4.78, 5) is 28.4. The second kappa shape index (κ2) is 9.19. The third-order valence-corrected chi connectivity index (χ3v) is 6.69. The Morgan fingerprint density at radius 2 is 1.94 bits per heavy atom. The molecule has 0 bridgehead atoms. The minimum Gasteiger partial charge on any atom is -0.486 e. The maximum atomic E-state index is 12.9. The summed E-state index contributed by atoms with van der Waals surface area (Å²) in [6.45, 7) is 3.21. The zero-order chi connectivity index (χ0) is 22.8. The average Bonchev–Trinajstić information content (AvgIpc) is 2.84. The SMILES string of the molecule is Cc1cccc(CN2C(=O)CSc3ccc(C(=O)NCC4COc5ccccc5O4)cc32)c1.